The van der Waals surface area contributed by atoms with Crippen molar-refractivity contribution in [2.75, 3.05) is 5.88 Å². The molecule has 0 heterocycles. The van der Waals surface area contributed by atoms with Gasteiger partial charge in [0, 0.05) is 18.7 Å². The molecule has 1 atom stereocenters. The molecule has 1 unspecified atom stereocenters. The summed E-state index contributed by atoms with van der Waals surface area (Å²) in [4.78, 5) is 25.2. The molecule has 42 heavy (non-hydrogen) atoms. The molecule has 5 heteroatoms. The van der Waals surface area contributed by atoms with Crippen LogP contribution in [-0.2, 0) is 9.59 Å². The number of allylic oxidation sites excluding steroid dienone is 2. The third-order valence-corrected chi connectivity index (χ3v) is 8.94. The van der Waals surface area contributed by atoms with Crippen LogP contribution in [0, 0.1) is 5.92 Å². The molecule has 0 rings (SSSR count). The highest BCUT2D eigenvalue weighted by Gasteiger charge is 2.44. The fraction of sp³-hybridized carbons (Fsp3) is 0.892. The van der Waals surface area contributed by atoms with Crippen molar-refractivity contribution in [1.29, 1.82) is 0 Å². The molecule has 0 aliphatic heterocycles. The van der Waals surface area contributed by atoms with Gasteiger partial charge in [0.05, 0.1) is 5.92 Å². The molecule has 0 aromatic carbocycles. The van der Waals surface area contributed by atoms with Gasteiger partial charge < -0.3 is 10.2 Å². The van der Waals surface area contributed by atoms with Crippen LogP contribution in [0.1, 0.15) is 194 Å². The molecule has 0 saturated carbocycles. The predicted molar refractivity (Wildman–Crippen MR) is 181 cm³/mol. The smallest absolute Gasteiger partial charge is 0.235 e. The Bertz CT molecular complexity index is 646. The largest absolute Gasteiger partial charge is 0.359 e. The number of carbonyl (C=O) groups is 2. The Balaban J connectivity index is 3.88. The first kappa shape index (κ1) is 41.3. The van der Waals surface area contributed by atoms with Gasteiger partial charge in [0.25, 0.3) is 0 Å². The van der Waals surface area contributed by atoms with Crippen molar-refractivity contribution < 1.29 is 19.8 Å². The third-order valence-electron chi connectivity index (χ3n) is 8.63. The van der Waals surface area contributed by atoms with Crippen LogP contribution in [0.15, 0.2) is 12.2 Å². The number of alkyl halides is 1. The summed E-state index contributed by atoms with van der Waals surface area (Å²) in [7, 11) is 0. The van der Waals surface area contributed by atoms with E-state index in [0.717, 1.165) is 51.4 Å². The van der Waals surface area contributed by atoms with Crippen molar-refractivity contribution in [3.05, 3.63) is 12.2 Å². The summed E-state index contributed by atoms with van der Waals surface area (Å²) in [5.41, 5.74) is 0. The van der Waals surface area contributed by atoms with Crippen molar-refractivity contribution in [3.63, 3.8) is 0 Å². The van der Waals surface area contributed by atoms with E-state index in [1.165, 1.54) is 103 Å². The molecule has 0 amide bonds. The highest BCUT2D eigenvalue weighted by molar-refractivity contribution is 6.20. The van der Waals surface area contributed by atoms with E-state index in [1.807, 2.05) is 0 Å². The van der Waals surface area contributed by atoms with Gasteiger partial charge in [-0.15, -0.1) is 11.6 Å². The Morgan fingerprint density at radius 1 is 0.548 bits per heavy atom. The van der Waals surface area contributed by atoms with E-state index in [0.29, 0.717) is 12.8 Å². The average molecular weight is 613 g/mol. The summed E-state index contributed by atoms with van der Waals surface area (Å²) < 4.78 is 0. The highest BCUT2D eigenvalue weighted by atomic mass is 35.5. The Kier molecular flexibility index (Phi) is 29.8. The molecule has 0 aromatic heterocycles. The minimum atomic E-state index is -2.65. The van der Waals surface area contributed by atoms with Crippen LogP contribution in [-0.4, -0.2) is 33.4 Å². The lowest BCUT2D eigenvalue weighted by Crippen LogP contribution is -2.50. The molecular formula is C37H69ClO4. The van der Waals surface area contributed by atoms with Crippen LogP contribution in [0.2, 0.25) is 0 Å². The van der Waals surface area contributed by atoms with Gasteiger partial charge in [-0.2, -0.15) is 0 Å². The van der Waals surface area contributed by atoms with Crippen LogP contribution in [0.3, 0.4) is 0 Å². The number of rotatable bonds is 33. The number of halogens is 1. The van der Waals surface area contributed by atoms with Crippen LogP contribution in [0.25, 0.3) is 0 Å². The standard InChI is InChI=1S/C37H69ClO4/c1-3-5-7-9-11-13-15-17-18-20-21-23-25-27-29-31-35(39)34(33-38)37(41,42)36(40)32-30-28-26-24-22-19-16-14-12-10-8-6-4-2/h17-18,34,41-42H,3-16,19-33H2,1-2H3. The first-order valence-electron chi connectivity index (χ1n) is 18.1. The van der Waals surface area contributed by atoms with Crippen LogP contribution in [0.4, 0.5) is 0 Å². The topological polar surface area (TPSA) is 74.6 Å². The summed E-state index contributed by atoms with van der Waals surface area (Å²) in [5.74, 6) is -5.13. The predicted octanol–water partition coefficient (Wildman–Crippen LogP) is 11.2. The van der Waals surface area contributed by atoms with Gasteiger partial charge in [0.1, 0.15) is 5.78 Å². The maximum Gasteiger partial charge on any atom is 0.235 e. The molecule has 0 bridgehead atoms. The second-order valence-corrected chi connectivity index (χ2v) is 13.0. The van der Waals surface area contributed by atoms with Gasteiger partial charge >= 0.3 is 0 Å². The number of unbranched alkanes of at least 4 members (excludes halogenated alkanes) is 23. The number of hydrogen-bond acceptors (Lipinski definition) is 4. The normalized spacial score (nSPS) is 12.8. The maximum atomic E-state index is 12.7. The molecule has 0 saturated heterocycles. The summed E-state index contributed by atoms with van der Waals surface area (Å²) in [5, 5.41) is 21.0. The zero-order chi connectivity index (χ0) is 31.2. The number of hydrogen-bond donors (Lipinski definition) is 2. The Hall–Kier alpha value is -0.710. The molecule has 4 nitrogen and oxygen atoms in total. The highest BCUT2D eigenvalue weighted by Crippen LogP contribution is 2.24. The lowest BCUT2D eigenvalue weighted by atomic mass is 9.87. The van der Waals surface area contributed by atoms with Gasteiger partial charge in [-0.25, -0.2) is 0 Å². The van der Waals surface area contributed by atoms with Crippen molar-refractivity contribution >= 4 is 23.2 Å². The van der Waals surface area contributed by atoms with Gasteiger partial charge in [-0.05, 0) is 38.5 Å². The average Bonchev–Trinajstić information content (AvgIpc) is 2.97. The zero-order valence-electron chi connectivity index (χ0n) is 27.8. The molecule has 0 spiro atoms. The van der Waals surface area contributed by atoms with E-state index >= 15 is 0 Å². The molecule has 248 valence electrons. The van der Waals surface area contributed by atoms with Crippen molar-refractivity contribution in [1.82, 2.24) is 0 Å². The fourth-order valence-corrected chi connectivity index (χ4v) is 6.03. The third kappa shape index (κ3) is 23.7. The number of carbonyl (C=O) groups excluding carboxylic acids is 2. The van der Waals surface area contributed by atoms with Gasteiger partial charge in [-0.3, -0.25) is 9.59 Å². The fourth-order valence-electron chi connectivity index (χ4n) is 5.64. The minimum absolute atomic E-state index is 0.0822. The minimum Gasteiger partial charge on any atom is -0.359 e. The zero-order valence-corrected chi connectivity index (χ0v) is 28.6. The first-order chi connectivity index (χ1) is 20.4. The number of aliphatic hydroxyl groups is 2. The quantitative estimate of drug-likeness (QED) is 0.0334. The van der Waals surface area contributed by atoms with E-state index in [4.69, 9.17) is 11.6 Å². The van der Waals surface area contributed by atoms with Gasteiger partial charge in [0.2, 0.25) is 5.79 Å². The second-order valence-electron chi connectivity index (χ2n) is 12.6. The van der Waals surface area contributed by atoms with Crippen LogP contribution >= 0.6 is 11.6 Å². The maximum absolute atomic E-state index is 12.7. The van der Waals surface area contributed by atoms with Gasteiger partial charge in [-0.1, -0.05) is 154 Å². The van der Waals surface area contributed by atoms with Crippen molar-refractivity contribution in [2.45, 2.75) is 199 Å². The van der Waals surface area contributed by atoms with E-state index in [9.17, 15) is 19.8 Å². The second kappa shape index (κ2) is 30.3. The van der Waals surface area contributed by atoms with Crippen molar-refractivity contribution in [2.24, 2.45) is 5.92 Å². The monoisotopic (exact) mass is 612 g/mol. The van der Waals surface area contributed by atoms with E-state index < -0.39 is 17.5 Å². The Morgan fingerprint density at radius 3 is 1.26 bits per heavy atom. The summed E-state index contributed by atoms with van der Waals surface area (Å²) in [6.45, 7) is 4.50. The van der Waals surface area contributed by atoms with E-state index in [2.05, 4.69) is 26.0 Å². The lowest BCUT2D eigenvalue weighted by Gasteiger charge is -2.27. The number of ketones is 2. The van der Waals surface area contributed by atoms with Crippen molar-refractivity contribution in [3.8, 4) is 0 Å². The summed E-state index contributed by atoms with van der Waals surface area (Å²) in [6.07, 6.45) is 35.9. The van der Waals surface area contributed by atoms with E-state index in [-0.39, 0.29) is 24.5 Å². The van der Waals surface area contributed by atoms with Crippen LogP contribution < -0.4 is 0 Å². The van der Waals surface area contributed by atoms with E-state index in [1.54, 1.807) is 0 Å². The van der Waals surface area contributed by atoms with Gasteiger partial charge in [0.15, 0.2) is 5.78 Å². The van der Waals surface area contributed by atoms with Crippen LogP contribution in [0.5, 0.6) is 0 Å². The molecule has 0 aliphatic rings. The first-order valence-corrected chi connectivity index (χ1v) is 18.7. The number of Topliss-reactive ketones (excluding diaryl/α,β-unsaturated/α-hetero) is 2. The molecule has 0 aromatic rings. The molecular weight excluding hydrogens is 544 g/mol. The Morgan fingerprint density at radius 2 is 0.881 bits per heavy atom. The SMILES string of the molecule is CCCCCCCCC=CCCCCCCCC(=O)C(CCl)C(O)(O)C(=O)CCCCCCCCCCCCCCC. The lowest BCUT2D eigenvalue weighted by molar-refractivity contribution is -0.201. The summed E-state index contributed by atoms with van der Waals surface area (Å²) in [6, 6.07) is 0. The molecule has 0 aliphatic carbocycles. The molecule has 0 fully saturated rings. The summed E-state index contributed by atoms with van der Waals surface area (Å²) >= 11 is 5.95. The molecule has 2 N–H and O–H groups in total. The molecule has 0 radical (unpaired) electrons. The Labute approximate surface area is 265 Å².